The molecular weight excluding hydrogens is 368 g/mol. The van der Waals surface area contributed by atoms with Crippen LogP contribution in [0.3, 0.4) is 0 Å². The summed E-state index contributed by atoms with van der Waals surface area (Å²) in [6.07, 6.45) is 0.672. The lowest BCUT2D eigenvalue weighted by molar-refractivity contribution is 0.0599. The molecule has 0 aliphatic heterocycles. The Morgan fingerprint density at radius 1 is 1.23 bits per heavy atom. The Kier molecular flexibility index (Phi) is 5.86. The lowest BCUT2D eigenvalue weighted by Gasteiger charge is -2.10. The van der Waals surface area contributed by atoms with E-state index < -0.39 is 5.97 Å². The van der Waals surface area contributed by atoms with Crippen molar-refractivity contribution in [3.8, 4) is 5.75 Å². The van der Waals surface area contributed by atoms with E-state index in [0.29, 0.717) is 28.1 Å². The number of hydrogen-bond donors (Lipinski definition) is 0. The molecule has 0 heterocycles. The predicted molar refractivity (Wildman–Crippen MR) is 90.9 cm³/mol. The highest BCUT2D eigenvalue weighted by Crippen LogP contribution is 2.28. The van der Waals surface area contributed by atoms with Crippen LogP contribution in [0.15, 0.2) is 40.9 Å². The minimum Gasteiger partial charge on any atom is -0.494 e. The average molecular weight is 384 g/mol. The van der Waals surface area contributed by atoms with Crippen LogP contribution in [-0.2, 0) is 11.2 Å². The van der Waals surface area contributed by atoms with Gasteiger partial charge in [0, 0.05) is 9.50 Å². The zero-order valence-corrected chi connectivity index (χ0v) is 14.7. The number of benzene rings is 2. The van der Waals surface area contributed by atoms with Crippen molar-refractivity contribution >= 4 is 33.5 Å². The molecular formula is C17H16BrClO3. The molecule has 0 spiro atoms. The average Bonchev–Trinajstić information content (AvgIpc) is 2.52. The number of carbonyl (C=O) groups is 1. The molecule has 0 unspecified atom stereocenters. The van der Waals surface area contributed by atoms with Gasteiger partial charge in [0.15, 0.2) is 0 Å². The van der Waals surface area contributed by atoms with Crippen LogP contribution < -0.4 is 4.74 Å². The second-order valence-electron chi connectivity index (χ2n) is 4.67. The van der Waals surface area contributed by atoms with E-state index in [0.717, 1.165) is 16.9 Å². The Morgan fingerprint density at radius 2 is 1.91 bits per heavy atom. The monoisotopic (exact) mass is 382 g/mol. The normalized spacial score (nSPS) is 10.4. The van der Waals surface area contributed by atoms with Crippen LogP contribution in [0.1, 0.15) is 28.4 Å². The van der Waals surface area contributed by atoms with Crippen LogP contribution in [0.25, 0.3) is 0 Å². The fourth-order valence-electron chi connectivity index (χ4n) is 2.08. The second kappa shape index (κ2) is 7.65. The highest BCUT2D eigenvalue weighted by atomic mass is 79.9. The van der Waals surface area contributed by atoms with E-state index in [9.17, 15) is 4.79 Å². The third-order valence-electron chi connectivity index (χ3n) is 3.17. The summed E-state index contributed by atoms with van der Waals surface area (Å²) in [5.41, 5.74) is 2.47. The van der Waals surface area contributed by atoms with Crippen LogP contribution in [0, 0.1) is 0 Å². The molecule has 5 heteroatoms. The number of ether oxygens (including phenoxy) is 2. The summed E-state index contributed by atoms with van der Waals surface area (Å²) in [7, 11) is 1.34. The van der Waals surface area contributed by atoms with E-state index in [4.69, 9.17) is 21.1 Å². The molecule has 0 atom stereocenters. The number of esters is 1. The first-order valence-corrected chi connectivity index (χ1v) is 8.00. The van der Waals surface area contributed by atoms with Gasteiger partial charge in [0.25, 0.3) is 0 Å². The third-order valence-corrected chi connectivity index (χ3v) is 4.18. The van der Waals surface area contributed by atoms with Gasteiger partial charge < -0.3 is 9.47 Å². The van der Waals surface area contributed by atoms with Crippen molar-refractivity contribution in [1.82, 2.24) is 0 Å². The van der Waals surface area contributed by atoms with E-state index in [1.807, 2.05) is 37.3 Å². The van der Waals surface area contributed by atoms with E-state index >= 15 is 0 Å². The molecule has 0 aliphatic rings. The molecule has 0 saturated carbocycles. The first kappa shape index (κ1) is 16.8. The lowest BCUT2D eigenvalue weighted by atomic mass is 10.0. The number of rotatable bonds is 5. The lowest BCUT2D eigenvalue weighted by Crippen LogP contribution is -2.03. The summed E-state index contributed by atoms with van der Waals surface area (Å²) in [6.45, 7) is 2.60. The summed E-state index contributed by atoms with van der Waals surface area (Å²) in [5.74, 6) is 0.431. The molecule has 0 saturated heterocycles. The first-order chi connectivity index (χ1) is 10.5. The van der Waals surface area contributed by atoms with Crippen molar-refractivity contribution in [2.24, 2.45) is 0 Å². The predicted octanol–water partition coefficient (Wildman–Crippen LogP) is 4.88. The van der Waals surface area contributed by atoms with Gasteiger partial charge in [-0.25, -0.2) is 4.79 Å². The van der Waals surface area contributed by atoms with Crippen LogP contribution in [0.2, 0.25) is 5.02 Å². The van der Waals surface area contributed by atoms with Crippen LogP contribution >= 0.6 is 27.5 Å². The summed E-state index contributed by atoms with van der Waals surface area (Å²) in [4.78, 5) is 11.6. The first-order valence-electron chi connectivity index (χ1n) is 6.83. The smallest absolute Gasteiger partial charge is 0.339 e. The quantitative estimate of drug-likeness (QED) is 0.690. The van der Waals surface area contributed by atoms with Crippen LogP contribution in [0.5, 0.6) is 5.75 Å². The summed E-state index contributed by atoms with van der Waals surface area (Å²) >= 11 is 9.67. The van der Waals surface area contributed by atoms with Gasteiger partial charge in [0.2, 0.25) is 0 Å². The molecule has 0 N–H and O–H groups in total. The van der Waals surface area contributed by atoms with Crippen LogP contribution in [0.4, 0.5) is 0 Å². The molecule has 22 heavy (non-hydrogen) atoms. The number of hydrogen-bond acceptors (Lipinski definition) is 3. The molecule has 0 bridgehead atoms. The molecule has 2 rings (SSSR count). The van der Waals surface area contributed by atoms with Crippen molar-refractivity contribution in [2.45, 2.75) is 13.3 Å². The molecule has 0 aromatic heterocycles. The van der Waals surface area contributed by atoms with Gasteiger partial charge in [0.05, 0.1) is 19.3 Å². The van der Waals surface area contributed by atoms with Gasteiger partial charge in [-0.3, -0.25) is 0 Å². The van der Waals surface area contributed by atoms with E-state index in [-0.39, 0.29) is 0 Å². The highest BCUT2D eigenvalue weighted by Gasteiger charge is 2.14. The Hall–Kier alpha value is -1.52. The topological polar surface area (TPSA) is 35.5 Å². The maximum atomic E-state index is 11.6. The molecule has 0 aliphatic carbocycles. The van der Waals surface area contributed by atoms with Gasteiger partial charge in [-0.05, 0) is 64.7 Å². The number of methoxy groups -OCH3 is 1. The summed E-state index contributed by atoms with van der Waals surface area (Å²) in [5, 5.41) is 0.539. The Morgan fingerprint density at radius 3 is 2.50 bits per heavy atom. The molecule has 2 aromatic rings. The number of halogens is 2. The van der Waals surface area contributed by atoms with Gasteiger partial charge >= 0.3 is 5.97 Å². The Bertz CT molecular complexity index is 668. The zero-order valence-electron chi connectivity index (χ0n) is 12.4. The summed E-state index contributed by atoms with van der Waals surface area (Å²) in [6, 6.07) is 11.4. The van der Waals surface area contributed by atoms with Crippen molar-refractivity contribution < 1.29 is 14.3 Å². The molecule has 0 amide bonds. The standard InChI is InChI=1S/C17H16BrClO3/c1-3-22-13-6-4-11(5-7-13)8-12-9-15(18)14(10-16(12)19)17(20)21-2/h4-7,9-10H,3,8H2,1-2H3. The van der Waals surface area contributed by atoms with Crippen molar-refractivity contribution in [1.29, 1.82) is 0 Å². The van der Waals surface area contributed by atoms with Crippen LogP contribution in [-0.4, -0.2) is 19.7 Å². The third kappa shape index (κ3) is 4.02. The molecule has 3 nitrogen and oxygen atoms in total. The maximum Gasteiger partial charge on any atom is 0.339 e. The minimum atomic E-state index is -0.415. The maximum absolute atomic E-state index is 11.6. The fourth-order valence-corrected chi connectivity index (χ4v) is 2.86. The van der Waals surface area contributed by atoms with Crippen molar-refractivity contribution in [3.63, 3.8) is 0 Å². The SMILES string of the molecule is CCOc1ccc(Cc2cc(Br)c(C(=O)OC)cc2Cl)cc1. The minimum absolute atomic E-state index is 0.415. The number of carbonyl (C=O) groups excluding carboxylic acids is 1. The fraction of sp³-hybridized carbons (Fsp3) is 0.235. The summed E-state index contributed by atoms with van der Waals surface area (Å²) < 4.78 is 10.8. The van der Waals surface area contributed by atoms with Gasteiger partial charge in [-0.1, -0.05) is 23.7 Å². The van der Waals surface area contributed by atoms with Gasteiger partial charge in [-0.2, -0.15) is 0 Å². The van der Waals surface area contributed by atoms with E-state index in [1.54, 1.807) is 6.07 Å². The molecule has 0 radical (unpaired) electrons. The molecule has 116 valence electrons. The van der Waals surface area contributed by atoms with Crippen molar-refractivity contribution in [2.75, 3.05) is 13.7 Å². The van der Waals surface area contributed by atoms with Gasteiger partial charge in [0.1, 0.15) is 5.75 Å². The zero-order chi connectivity index (χ0) is 16.1. The Balaban J connectivity index is 2.22. The van der Waals surface area contributed by atoms with E-state index in [2.05, 4.69) is 15.9 Å². The Labute approximate surface area is 143 Å². The van der Waals surface area contributed by atoms with Gasteiger partial charge in [-0.15, -0.1) is 0 Å². The largest absolute Gasteiger partial charge is 0.494 e. The second-order valence-corrected chi connectivity index (χ2v) is 5.93. The molecule has 0 fully saturated rings. The van der Waals surface area contributed by atoms with Crippen molar-refractivity contribution in [3.05, 3.63) is 62.6 Å². The molecule has 2 aromatic carbocycles. The highest BCUT2D eigenvalue weighted by molar-refractivity contribution is 9.10. The van der Waals surface area contributed by atoms with E-state index in [1.165, 1.54) is 7.11 Å².